The van der Waals surface area contributed by atoms with Gasteiger partial charge in [0.05, 0.1) is 6.10 Å². The summed E-state index contributed by atoms with van der Waals surface area (Å²) in [7, 11) is 0. The SMILES string of the molecule is CCOC1CC(CC(=O)c2cc(Br)c(C)cc2Br)C1. The quantitative estimate of drug-likeness (QED) is 0.669. The molecule has 0 atom stereocenters. The third kappa shape index (κ3) is 3.67. The largest absolute Gasteiger partial charge is 0.378 e. The van der Waals surface area contributed by atoms with Crippen LogP contribution in [0.3, 0.4) is 0 Å². The molecule has 0 amide bonds. The van der Waals surface area contributed by atoms with Gasteiger partial charge in [0.15, 0.2) is 5.78 Å². The Morgan fingerprint density at radius 1 is 1.32 bits per heavy atom. The third-order valence-corrected chi connectivity index (χ3v) is 5.13. The summed E-state index contributed by atoms with van der Waals surface area (Å²) in [6, 6.07) is 3.90. The summed E-state index contributed by atoms with van der Waals surface area (Å²) in [5, 5.41) is 0. The Labute approximate surface area is 131 Å². The Bertz CT molecular complexity index is 479. The molecular formula is C15H18Br2O2. The molecule has 19 heavy (non-hydrogen) atoms. The van der Waals surface area contributed by atoms with Gasteiger partial charge in [-0.05, 0) is 50.3 Å². The van der Waals surface area contributed by atoms with Crippen molar-refractivity contribution < 1.29 is 9.53 Å². The molecule has 0 spiro atoms. The Hall–Kier alpha value is -0.190. The topological polar surface area (TPSA) is 26.3 Å². The molecule has 4 heteroatoms. The van der Waals surface area contributed by atoms with E-state index >= 15 is 0 Å². The minimum absolute atomic E-state index is 0.215. The average Bonchev–Trinajstić information content (AvgIpc) is 2.31. The zero-order valence-corrected chi connectivity index (χ0v) is 14.4. The van der Waals surface area contributed by atoms with Crippen molar-refractivity contribution in [2.75, 3.05) is 6.61 Å². The summed E-state index contributed by atoms with van der Waals surface area (Å²) in [5.41, 5.74) is 1.90. The van der Waals surface area contributed by atoms with E-state index in [1.807, 2.05) is 26.0 Å². The number of aryl methyl sites for hydroxylation is 1. The number of benzene rings is 1. The number of ether oxygens (including phenoxy) is 1. The maximum absolute atomic E-state index is 12.3. The van der Waals surface area contributed by atoms with Crippen molar-refractivity contribution >= 4 is 37.6 Å². The molecule has 0 bridgehead atoms. The highest BCUT2D eigenvalue weighted by atomic mass is 79.9. The van der Waals surface area contributed by atoms with Crippen LogP contribution in [0.25, 0.3) is 0 Å². The minimum atomic E-state index is 0.215. The number of hydrogen-bond donors (Lipinski definition) is 0. The van der Waals surface area contributed by atoms with E-state index in [1.54, 1.807) is 0 Å². The van der Waals surface area contributed by atoms with Gasteiger partial charge < -0.3 is 4.74 Å². The third-order valence-electron chi connectivity index (χ3n) is 3.62. The average molecular weight is 390 g/mol. The highest BCUT2D eigenvalue weighted by Crippen LogP contribution is 2.35. The fourth-order valence-corrected chi connectivity index (χ4v) is 3.47. The number of Topliss-reactive ketones (excluding diaryl/α,β-unsaturated/α-hetero) is 1. The molecule has 1 fully saturated rings. The van der Waals surface area contributed by atoms with Crippen LogP contribution in [0.15, 0.2) is 21.1 Å². The van der Waals surface area contributed by atoms with Crippen LogP contribution in [0.4, 0.5) is 0 Å². The second-order valence-corrected chi connectivity index (χ2v) is 6.83. The molecule has 1 aromatic carbocycles. The summed E-state index contributed by atoms with van der Waals surface area (Å²) in [5.74, 6) is 0.698. The number of rotatable bonds is 5. The lowest BCUT2D eigenvalue weighted by molar-refractivity contribution is -0.0246. The van der Waals surface area contributed by atoms with Gasteiger partial charge in [-0.1, -0.05) is 31.9 Å². The van der Waals surface area contributed by atoms with Gasteiger partial charge in [-0.2, -0.15) is 0 Å². The van der Waals surface area contributed by atoms with Crippen molar-refractivity contribution in [1.82, 2.24) is 0 Å². The minimum Gasteiger partial charge on any atom is -0.378 e. The van der Waals surface area contributed by atoms with Crippen molar-refractivity contribution in [2.45, 2.75) is 39.2 Å². The molecule has 1 aromatic rings. The lowest BCUT2D eigenvalue weighted by atomic mass is 9.78. The van der Waals surface area contributed by atoms with Crippen molar-refractivity contribution in [3.8, 4) is 0 Å². The first kappa shape index (κ1) is 15.2. The first-order valence-electron chi connectivity index (χ1n) is 6.61. The highest BCUT2D eigenvalue weighted by molar-refractivity contribution is 9.11. The Kier molecular flexibility index (Phi) is 5.21. The van der Waals surface area contributed by atoms with E-state index < -0.39 is 0 Å². The highest BCUT2D eigenvalue weighted by Gasteiger charge is 2.31. The zero-order valence-electron chi connectivity index (χ0n) is 11.2. The summed E-state index contributed by atoms with van der Waals surface area (Å²) in [4.78, 5) is 12.3. The smallest absolute Gasteiger partial charge is 0.164 e. The van der Waals surface area contributed by atoms with E-state index in [1.165, 1.54) is 0 Å². The second-order valence-electron chi connectivity index (χ2n) is 5.12. The fraction of sp³-hybridized carbons (Fsp3) is 0.533. The van der Waals surface area contributed by atoms with Crippen molar-refractivity contribution in [3.05, 3.63) is 32.2 Å². The van der Waals surface area contributed by atoms with E-state index in [-0.39, 0.29) is 5.78 Å². The van der Waals surface area contributed by atoms with Crippen LogP contribution >= 0.6 is 31.9 Å². The second kappa shape index (κ2) is 6.51. The van der Waals surface area contributed by atoms with Gasteiger partial charge in [-0.15, -0.1) is 0 Å². The molecule has 104 valence electrons. The Morgan fingerprint density at radius 2 is 2.00 bits per heavy atom. The van der Waals surface area contributed by atoms with Crippen LogP contribution in [0.5, 0.6) is 0 Å². The number of hydrogen-bond acceptors (Lipinski definition) is 2. The molecule has 1 saturated carbocycles. The van der Waals surface area contributed by atoms with Gasteiger partial charge in [0.1, 0.15) is 0 Å². The van der Waals surface area contributed by atoms with Crippen LogP contribution < -0.4 is 0 Å². The van der Waals surface area contributed by atoms with Gasteiger partial charge in [0.25, 0.3) is 0 Å². The normalized spacial score (nSPS) is 22.1. The van der Waals surface area contributed by atoms with Crippen LogP contribution in [0.1, 0.15) is 42.1 Å². The van der Waals surface area contributed by atoms with Gasteiger partial charge in [-0.3, -0.25) is 4.79 Å². The van der Waals surface area contributed by atoms with E-state index in [0.717, 1.165) is 39.5 Å². The summed E-state index contributed by atoms with van der Waals surface area (Å²) in [6.45, 7) is 4.79. The maximum atomic E-state index is 12.3. The number of carbonyl (C=O) groups excluding carboxylic acids is 1. The lowest BCUT2D eigenvalue weighted by Crippen LogP contribution is -2.32. The summed E-state index contributed by atoms with van der Waals surface area (Å²) < 4.78 is 7.40. The summed E-state index contributed by atoms with van der Waals surface area (Å²) >= 11 is 6.96. The number of carbonyl (C=O) groups is 1. The monoisotopic (exact) mass is 388 g/mol. The maximum Gasteiger partial charge on any atom is 0.164 e. The fourth-order valence-electron chi connectivity index (χ4n) is 2.45. The van der Waals surface area contributed by atoms with Crippen molar-refractivity contribution in [1.29, 1.82) is 0 Å². The number of ketones is 1. The lowest BCUT2D eigenvalue weighted by Gasteiger charge is -2.34. The predicted octanol–water partition coefficient (Wildman–Crippen LogP) is 4.91. The molecule has 0 unspecified atom stereocenters. The van der Waals surface area contributed by atoms with E-state index in [0.29, 0.717) is 18.4 Å². The molecule has 1 aliphatic carbocycles. The first-order chi connectivity index (χ1) is 9.01. The van der Waals surface area contributed by atoms with Gasteiger partial charge in [-0.25, -0.2) is 0 Å². The standard InChI is InChI=1S/C15H18Br2O2/c1-3-19-11-5-10(6-11)7-15(18)12-8-13(16)9(2)4-14(12)17/h4,8,10-11H,3,5-7H2,1-2H3. The molecule has 0 radical (unpaired) electrons. The molecule has 0 heterocycles. The molecule has 0 aromatic heterocycles. The first-order valence-corrected chi connectivity index (χ1v) is 8.20. The van der Waals surface area contributed by atoms with Gasteiger partial charge >= 0.3 is 0 Å². The molecule has 0 N–H and O–H groups in total. The van der Waals surface area contributed by atoms with E-state index in [9.17, 15) is 4.79 Å². The summed E-state index contributed by atoms with van der Waals surface area (Å²) in [6.07, 6.45) is 3.03. The van der Waals surface area contributed by atoms with E-state index in [2.05, 4.69) is 31.9 Å². The molecule has 1 aliphatic rings. The van der Waals surface area contributed by atoms with Crippen molar-refractivity contribution in [2.24, 2.45) is 5.92 Å². The molecule has 0 saturated heterocycles. The van der Waals surface area contributed by atoms with Crippen LogP contribution in [0.2, 0.25) is 0 Å². The van der Waals surface area contributed by atoms with Crippen LogP contribution in [-0.4, -0.2) is 18.5 Å². The van der Waals surface area contributed by atoms with Crippen LogP contribution in [-0.2, 0) is 4.74 Å². The molecule has 0 aliphatic heterocycles. The van der Waals surface area contributed by atoms with Gasteiger partial charge in [0, 0.05) is 27.5 Å². The van der Waals surface area contributed by atoms with Crippen LogP contribution in [0, 0.1) is 12.8 Å². The Morgan fingerprint density at radius 3 is 2.63 bits per heavy atom. The van der Waals surface area contributed by atoms with Crippen molar-refractivity contribution in [3.63, 3.8) is 0 Å². The molecule has 2 nitrogen and oxygen atoms in total. The van der Waals surface area contributed by atoms with Gasteiger partial charge in [0.2, 0.25) is 0 Å². The Balaban J connectivity index is 1.96. The number of halogens is 2. The predicted molar refractivity (Wildman–Crippen MR) is 83.7 cm³/mol. The van der Waals surface area contributed by atoms with E-state index in [4.69, 9.17) is 4.74 Å². The zero-order chi connectivity index (χ0) is 14.0. The molecule has 2 rings (SSSR count). The molecular weight excluding hydrogens is 372 g/mol.